The van der Waals surface area contributed by atoms with Gasteiger partial charge in [0.15, 0.2) is 0 Å². The zero-order valence-corrected chi connectivity index (χ0v) is 11.6. The first-order valence-electron chi connectivity index (χ1n) is 7.29. The lowest BCUT2D eigenvalue weighted by Gasteiger charge is -2.39. The van der Waals surface area contributed by atoms with Crippen molar-refractivity contribution in [2.45, 2.75) is 64.3 Å². The minimum absolute atomic E-state index is 0.0845. The van der Waals surface area contributed by atoms with Crippen molar-refractivity contribution in [2.75, 3.05) is 7.05 Å². The van der Waals surface area contributed by atoms with E-state index in [2.05, 4.69) is 13.0 Å². The van der Waals surface area contributed by atoms with Crippen molar-refractivity contribution < 1.29 is 4.79 Å². The molecule has 0 aromatic carbocycles. The maximum absolute atomic E-state index is 12.6. The fourth-order valence-electron chi connectivity index (χ4n) is 3.71. The second kappa shape index (κ2) is 5.30. The topological polar surface area (TPSA) is 44.1 Å². The Kier molecular flexibility index (Phi) is 3.94. The normalized spacial score (nSPS) is 30.7. The fourth-order valence-corrected chi connectivity index (χ4v) is 3.71. The molecule has 2 aliphatic rings. The fraction of sp³-hybridized carbons (Fsp3) is 0.867. The second-order valence-corrected chi connectivity index (χ2v) is 6.15. The van der Waals surface area contributed by atoms with Crippen molar-refractivity contribution in [3.8, 4) is 6.07 Å². The number of hydrogen-bond acceptors (Lipinski definition) is 2. The average molecular weight is 248 g/mol. The highest BCUT2D eigenvalue weighted by Gasteiger charge is 2.45. The van der Waals surface area contributed by atoms with Crippen LogP contribution in [0, 0.1) is 22.7 Å². The van der Waals surface area contributed by atoms with Crippen LogP contribution in [0.1, 0.15) is 58.3 Å². The van der Waals surface area contributed by atoms with Crippen molar-refractivity contribution in [3.05, 3.63) is 0 Å². The van der Waals surface area contributed by atoms with E-state index in [0.29, 0.717) is 12.0 Å². The summed E-state index contributed by atoms with van der Waals surface area (Å²) in [4.78, 5) is 14.5. The standard InChI is InChI=1S/C15H24N2O/c1-12-7-3-4-8-13(12)17(2)14(18)15(11-16)9-5-6-10-15/h12-13H,3-10H2,1-2H3. The number of nitriles is 1. The first-order chi connectivity index (χ1) is 8.60. The highest BCUT2D eigenvalue weighted by atomic mass is 16.2. The molecule has 2 aliphatic carbocycles. The molecule has 0 spiro atoms. The van der Waals surface area contributed by atoms with E-state index in [9.17, 15) is 10.1 Å². The summed E-state index contributed by atoms with van der Waals surface area (Å²) in [5, 5.41) is 9.40. The lowest BCUT2D eigenvalue weighted by molar-refractivity contribution is -0.141. The van der Waals surface area contributed by atoms with Crippen molar-refractivity contribution in [3.63, 3.8) is 0 Å². The molecule has 3 nitrogen and oxygen atoms in total. The van der Waals surface area contributed by atoms with Crippen molar-refractivity contribution >= 4 is 5.91 Å². The second-order valence-electron chi connectivity index (χ2n) is 6.15. The molecule has 2 unspecified atom stereocenters. The quantitative estimate of drug-likeness (QED) is 0.753. The van der Waals surface area contributed by atoms with Gasteiger partial charge in [-0.3, -0.25) is 4.79 Å². The number of hydrogen-bond donors (Lipinski definition) is 0. The smallest absolute Gasteiger partial charge is 0.243 e. The lowest BCUT2D eigenvalue weighted by Crippen LogP contribution is -2.48. The molecule has 2 fully saturated rings. The summed E-state index contributed by atoms with van der Waals surface area (Å²) in [5.41, 5.74) is -0.702. The molecular formula is C15H24N2O. The Morgan fingerprint density at radius 3 is 2.39 bits per heavy atom. The van der Waals surface area contributed by atoms with Gasteiger partial charge in [0, 0.05) is 13.1 Å². The third kappa shape index (κ3) is 2.25. The molecule has 0 saturated heterocycles. The summed E-state index contributed by atoms with van der Waals surface area (Å²) < 4.78 is 0. The van der Waals surface area contributed by atoms with Crippen LogP contribution in [0.2, 0.25) is 0 Å². The highest BCUT2D eigenvalue weighted by molar-refractivity contribution is 5.85. The van der Waals surface area contributed by atoms with Gasteiger partial charge in [0.1, 0.15) is 5.41 Å². The molecule has 0 aromatic heterocycles. The predicted molar refractivity (Wildman–Crippen MR) is 70.7 cm³/mol. The van der Waals surface area contributed by atoms with Gasteiger partial charge < -0.3 is 4.90 Å². The zero-order valence-electron chi connectivity index (χ0n) is 11.6. The SMILES string of the molecule is CC1CCCCC1N(C)C(=O)C1(C#N)CCCC1. The van der Waals surface area contributed by atoms with Crippen LogP contribution < -0.4 is 0 Å². The molecule has 100 valence electrons. The monoisotopic (exact) mass is 248 g/mol. The summed E-state index contributed by atoms with van der Waals surface area (Å²) in [7, 11) is 1.91. The van der Waals surface area contributed by atoms with E-state index < -0.39 is 5.41 Å². The lowest BCUT2D eigenvalue weighted by atomic mass is 9.81. The van der Waals surface area contributed by atoms with E-state index in [1.165, 1.54) is 19.3 Å². The zero-order chi connectivity index (χ0) is 13.2. The van der Waals surface area contributed by atoms with Gasteiger partial charge in [-0.15, -0.1) is 0 Å². The summed E-state index contributed by atoms with van der Waals surface area (Å²) in [6.45, 7) is 2.24. The maximum Gasteiger partial charge on any atom is 0.243 e. The third-order valence-electron chi connectivity index (χ3n) is 4.96. The van der Waals surface area contributed by atoms with E-state index in [-0.39, 0.29) is 5.91 Å². The molecule has 0 bridgehead atoms. The molecule has 2 saturated carbocycles. The van der Waals surface area contributed by atoms with Gasteiger partial charge in [0.25, 0.3) is 0 Å². The third-order valence-corrected chi connectivity index (χ3v) is 4.96. The van der Waals surface area contributed by atoms with E-state index in [1.54, 1.807) is 0 Å². The van der Waals surface area contributed by atoms with Crippen LogP contribution in [0.5, 0.6) is 0 Å². The maximum atomic E-state index is 12.6. The largest absolute Gasteiger partial charge is 0.341 e. The van der Waals surface area contributed by atoms with Gasteiger partial charge in [-0.1, -0.05) is 32.6 Å². The molecule has 0 heterocycles. The van der Waals surface area contributed by atoms with Crippen LogP contribution >= 0.6 is 0 Å². The number of rotatable bonds is 2. The summed E-state index contributed by atoms with van der Waals surface area (Å²) >= 11 is 0. The van der Waals surface area contributed by atoms with Crippen LogP contribution in [0.15, 0.2) is 0 Å². The van der Waals surface area contributed by atoms with E-state index >= 15 is 0 Å². The summed E-state index contributed by atoms with van der Waals surface area (Å²) in [6.07, 6.45) is 8.37. The number of carbonyl (C=O) groups is 1. The first-order valence-corrected chi connectivity index (χ1v) is 7.29. The Morgan fingerprint density at radius 2 is 1.83 bits per heavy atom. The summed E-state index contributed by atoms with van der Waals surface area (Å²) in [5.74, 6) is 0.658. The number of carbonyl (C=O) groups excluding carboxylic acids is 1. The molecule has 0 aromatic rings. The molecule has 2 rings (SSSR count). The van der Waals surface area contributed by atoms with Gasteiger partial charge in [0.2, 0.25) is 5.91 Å². The Bertz CT molecular complexity index is 352. The van der Waals surface area contributed by atoms with Gasteiger partial charge in [-0.05, 0) is 31.6 Å². The number of amides is 1. The van der Waals surface area contributed by atoms with E-state index in [0.717, 1.165) is 32.1 Å². The molecule has 3 heteroatoms. The van der Waals surface area contributed by atoms with Crippen LogP contribution in [0.4, 0.5) is 0 Å². The Balaban J connectivity index is 2.10. The van der Waals surface area contributed by atoms with Crippen LogP contribution in [0.25, 0.3) is 0 Å². The average Bonchev–Trinajstić information content (AvgIpc) is 2.87. The van der Waals surface area contributed by atoms with Crippen molar-refractivity contribution in [2.24, 2.45) is 11.3 Å². The Morgan fingerprint density at radius 1 is 1.22 bits per heavy atom. The molecule has 1 amide bonds. The van der Waals surface area contributed by atoms with Crippen LogP contribution in [0.3, 0.4) is 0 Å². The van der Waals surface area contributed by atoms with Crippen molar-refractivity contribution in [1.82, 2.24) is 4.90 Å². The van der Waals surface area contributed by atoms with Gasteiger partial charge in [0.05, 0.1) is 6.07 Å². The van der Waals surface area contributed by atoms with Crippen molar-refractivity contribution in [1.29, 1.82) is 5.26 Å². The molecule has 18 heavy (non-hydrogen) atoms. The van der Waals surface area contributed by atoms with Gasteiger partial charge in [-0.25, -0.2) is 0 Å². The van der Waals surface area contributed by atoms with Crippen LogP contribution in [-0.2, 0) is 4.79 Å². The Labute approximate surface area is 110 Å². The molecule has 0 N–H and O–H groups in total. The molecule has 2 atom stereocenters. The van der Waals surface area contributed by atoms with E-state index in [1.807, 2.05) is 11.9 Å². The molecule has 0 radical (unpaired) electrons. The molecule has 0 aliphatic heterocycles. The highest BCUT2D eigenvalue weighted by Crippen LogP contribution is 2.40. The summed E-state index contributed by atoms with van der Waals surface area (Å²) in [6, 6.07) is 2.67. The first kappa shape index (κ1) is 13.4. The number of nitrogens with zero attached hydrogens (tertiary/aromatic N) is 2. The van der Waals surface area contributed by atoms with Gasteiger partial charge in [-0.2, -0.15) is 5.26 Å². The minimum Gasteiger partial charge on any atom is -0.341 e. The van der Waals surface area contributed by atoms with Gasteiger partial charge >= 0.3 is 0 Å². The Hall–Kier alpha value is -1.04. The minimum atomic E-state index is -0.702. The van der Waals surface area contributed by atoms with Crippen LogP contribution in [-0.4, -0.2) is 23.9 Å². The van der Waals surface area contributed by atoms with E-state index in [4.69, 9.17) is 0 Å². The predicted octanol–water partition coefficient (Wildman–Crippen LogP) is 3.11. The molecular weight excluding hydrogens is 224 g/mol.